The van der Waals surface area contributed by atoms with Crippen LogP contribution in [0, 0.1) is 11.3 Å². The number of nitrogens with one attached hydrogen (secondary N) is 1. The molecule has 0 saturated heterocycles. The molecule has 0 radical (unpaired) electrons. The van der Waals surface area contributed by atoms with Gasteiger partial charge in [0.25, 0.3) is 5.91 Å². The van der Waals surface area contributed by atoms with Gasteiger partial charge in [0, 0.05) is 29.0 Å². The molecule has 30 heavy (non-hydrogen) atoms. The van der Waals surface area contributed by atoms with Gasteiger partial charge in [-0.25, -0.2) is 0 Å². The highest BCUT2D eigenvalue weighted by atomic mass is 32.1. The summed E-state index contributed by atoms with van der Waals surface area (Å²) in [5.41, 5.74) is 9.55. The lowest BCUT2D eigenvalue weighted by Gasteiger charge is -2.33. The van der Waals surface area contributed by atoms with Crippen LogP contribution >= 0.6 is 11.3 Å². The smallest absolute Gasteiger partial charge is 0.251 e. The van der Waals surface area contributed by atoms with Crippen molar-refractivity contribution in [2.45, 2.75) is 46.5 Å². The van der Waals surface area contributed by atoms with Crippen molar-refractivity contribution in [2.75, 3.05) is 5.32 Å². The first kappa shape index (κ1) is 20.7. The molecule has 4 rings (SSSR count). The summed E-state index contributed by atoms with van der Waals surface area (Å²) in [6, 6.07) is 8.05. The van der Waals surface area contributed by atoms with Crippen LogP contribution in [-0.2, 0) is 31.1 Å². The number of aryl methyl sites for hydroxylation is 1. The molecular formula is C24H29N3O2S. The van der Waals surface area contributed by atoms with Crippen molar-refractivity contribution < 1.29 is 9.59 Å². The van der Waals surface area contributed by atoms with Crippen LogP contribution in [0.25, 0.3) is 10.9 Å². The number of carbonyl (C=O) groups is 2. The zero-order valence-electron chi connectivity index (χ0n) is 18.0. The minimum absolute atomic E-state index is 0.125. The van der Waals surface area contributed by atoms with Crippen LogP contribution in [0.5, 0.6) is 0 Å². The van der Waals surface area contributed by atoms with Crippen molar-refractivity contribution in [1.82, 2.24) is 4.57 Å². The minimum Gasteiger partial charge on any atom is -0.365 e. The molecule has 3 aromatic rings. The Balaban J connectivity index is 1.59. The van der Waals surface area contributed by atoms with Crippen LogP contribution in [-0.4, -0.2) is 16.4 Å². The third-order valence-corrected chi connectivity index (χ3v) is 7.49. The van der Waals surface area contributed by atoms with Gasteiger partial charge in [0.05, 0.1) is 12.0 Å². The van der Waals surface area contributed by atoms with Gasteiger partial charge in [-0.2, -0.15) is 0 Å². The van der Waals surface area contributed by atoms with Crippen LogP contribution in [0.15, 0.2) is 30.5 Å². The Morgan fingerprint density at radius 1 is 1.27 bits per heavy atom. The zero-order valence-corrected chi connectivity index (χ0v) is 18.9. The molecule has 1 aliphatic rings. The first-order valence-electron chi connectivity index (χ1n) is 10.4. The summed E-state index contributed by atoms with van der Waals surface area (Å²) in [6.07, 6.45) is 5.06. The number of benzene rings is 1. The predicted molar refractivity (Wildman–Crippen MR) is 123 cm³/mol. The molecule has 1 aromatic carbocycles. The van der Waals surface area contributed by atoms with Crippen molar-refractivity contribution in [1.29, 1.82) is 0 Å². The maximum atomic E-state index is 12.9. The Morgan fingerprint density at radius 3 is 2.70 bits per heavy atom. The highest BCUT2D eigenvalue weighted by Gasteiger charge is 2.33. The number of fused-ring (bicyclic) bond motifs is 2. The summed E-state index contributed by atoms with van der Waals surface area (Å²) < 4.78 is 2.03. The lowest BCUT2D eigenvalue weighted by molar-refractivity contribution is -0.115. The second kappa shape index (κ2) is 7.58. The molecule has 1 atom stereocenters. The lowest BCUT2D eigenvalue weighted by Crippen LogP contribution is -2.27. The zero-order chi connectivity index (χ0) is 21.6. The van der Waals surface area contributed by atoms with E-state index in [0.717, 1.165) is 41.3 Å². The molecular weight excluding hydrogens is 394 g/mol. The number of thiophene rings is 1. The first-order chi connectivity index (χ1) is 14.1. The van der Waals surface area contributed by atoms with Crippen molar-refractivity contribution in [2.24, 2.45) is 24.1 Å². The van der Waals surface area contributed by atoms with Gasteiger partial charge in [-0.05, 0) is 47.8 Å². The van der Waals surface area contributed by atoms with Gasteiger partial charge in [0.1, 0.15) is 5.00 Å². The number of nitrogens with two attached hydrogens (primary N) is 1. The molecule has 0 aliphatic heterocycles. The van der Waals surface area contributed by atoms with Crippen LogP contribution in [0.3, 0.4) is 0 Å². The molecule has 5 nitrogen and oxygen atoms in total. The number of nitrogens with zero attached hydrogens (tertiary/aromatic N) is 1. The normalized spacial score (nSPS) is 16.5. The largest absolute Gasteiger partial charge is 0.365 e. The quantitative estimate of drug-likeness (QED) is 0.640. The molecule has 6 heteroatoms. The van der Waals surface area contributed by atoms with E-state index in [1.54, 1.807) is 0 Å². The molecule has 3 N–H and O–H groups in total. The highest BCUT2D eigenvalue weighted by Crippen LogP contribution is 2.44. The molecule has 2 heterocycles. The Bertz CT molecular complexity index is 1130. The fourth-order valence-corrected chi connectivity index (χ4v) is 5.93. The van der Waals surface area contributed by atoms with E-state index in [0.29, 0.717) is 16.5 Å². The Morgan fingerprint density at radius 2 is 2.00 bits per heavy atom. The summed E-state index contributed by atoms with van der Waals surface area (Å²) in [6.45, 7) is 6.79. The topological polar surface area (TPSA) is 77.1 Å². The summed E-state index contributed by atoms with van der Waals surface area (Å²) in [7, 11) is 1.98. The molecule has 1 unspecified atom stereocenters. The van der Waals surface area contributed by atoms with Gasteiger partial charge in [0.2, 0.25) is 5.91 Å². The summed E-state index contributed by atoms with van der Waals surface area (Å²) in [4.78, 5) is 26.3. The number of primary amides is 1. The molecule has 0 bridgehead atoms. The molecule has 0 spiro atoms. The van der Waals surface area contributed by atoms with E-state index in [4.69, 9.17) is 5.73 Å². The minimum atomic E-state index is -0.456. The van der Waals surface area contributed by atoms with Crippen molar-refractivity contribution >= 4 is 39.1 Å². The van der Waals surface area contributed by atoms with Crippen LogP contribution in [0.2, 0.25) is 0 Å². The number of carbonyl (C=O) groups excluding carboxylic acids is 2. The molecule has 0 saturated carbocycles. The van der Waals surface area contributed by atoms with Gasteiger partial charge in [-0.3, -0.25) is 9.59 Å². The maximum absolute atomic E-state index is 12.9. The van der Waals surface area contributed by atoms with Crippen LogP contribution < -0.4 is 11.1 Å². The van der Waals surface area contributed by atoms with E-state index in [1.165, 1.54) is 16.2 Å². The Hall–Kier alpha value is -2.60. The van der Waals surface area contributed by atoms with E-state index in [-0.39, 0.29) is 17.7 Å². The van der Waals surface area contributed by atoms with E-state index in [9.17, 15) is 9.59 Å². The monoisotopic (exact) mass is 423 g/mol. The average molecular weight is 424 g/mol. The fraction of sp³-hybridized carbons (Fsp3) is 0.417. The Kier molecular flexibility index (Phi) is 5.22. The van der Waals surface area contributed by atoms with Gasteiger partial charge >= 0.3 is 0 Å². The number of hydrogen-bond donors (Lipinski definition) is 2. The number of hydrogen-bond acceptors (Lipinski definition) is 3. The van der Waals surface area contributed by atoms with Gasteiger partial charge in [-0.1, -0.05) is 39.0 Å². The third-order valence-electron chi connectivity index (χ3n) is 6.32. The van der Waals surface area contributed by atoms with E-state index < -0.39 is 5.91 Å². The predicted octanol–water partition coefficient (Wildman–Crippen LogP) is 4.67. The Labute approximate surface area is 181 Å². The van der Waals surface area contributed by atoms with E-state index in [2.05, 4.69) is 26.1 Å². The van der Waals surface area contributed by atoms with Crippen molar-refractivity contribution in [3.63, 3.8) is 0 Å². The van der Waals surface area contributed by atoms with Crippen LogP contribution in [0.4, 0.5) is 5.00 Å². The number of amides is 2. The summed E-state index contributed by atoms with van der Waals surface area (Å²) in [5, 5.41) is 4.67. The van der Waals surface area contributed by atoms with Gasteiger partial charge < -0.3 is 15.6 Å². The van der Waals surface area contributed by atoms with E-state index in [1.807, 2.05) is 42.1 Å². The standard InChI is InChI=1S/C24H29N3O2S/c1-24(2,3)15-9-10-17-19(12-15)30-23(21(17)22(25)29)26-20(28)11-14-13-27(4)18-8-6-5-7-16(14)18/h5-8,13,15H,9-12H2,1-4H3,(H2,25,29)(H,26,28). The molecule has 158 valence electrons. The van der Waals surface area contributed by atoms with Gasteiger partial charge in [-0.15, -0.1) is 11.3 Å². The lowest BCUT2D eigenvalue weighted by atomic mass is 9.72. The molecule has 2 amide bonds. The number of aromatic nitrogens is 1. The number of para-hydroxylation sites is 1. The fourth-order valence-electron chi connectivity index (χ4n) is 4.58. The second-order valence-corrected chi connectivity index (χ2v) is 10.5. The van der Waals surface area contributed by atoms with Crippen molar-refractivity contribution in [3.8, 4) is 0 Å². The van der Waals surface area contributed by atoms with Crippen LogP contribution in [0.1, 0.15) is 53.6 Å². The van der Waals surface area contributed by atoms with Gasteiger partial charge in [0.15, 0.2) is 0 Å². The third kappa shape index (κ3) is 3.76. The molecule has 0 fully saturated rings. The maximum Gasteiger partial charge on any atom is 0.251 e. The van der Waals surface area contributed by atoms with E-state index >= 15 is 0 Å². The average Bonchev–Trinajstić information content (AvgIpc) is 3.18. The molecule has 1 aliphatic carbocycles. The second-order valence-electron chi connectivity index (χ2n) is 9.39. The highest BCUT2D eigenvalue weighted by molar-refractivity contribution is 7.17. The SMILES string of the molecule is Cn1cc(CC(=O)Nc2sc3c(c2C(N)=O)CCC(C(C)(C)C)C3)c2ccccc21. The first-order valence-corrected chi connectivity index (χ1v) is 11.2. The van der Waals surface area contributed by atoms with Crippen molar-refractivity contribution in [3.05, 3.63) is 52.0 Å². The summed E-state index contributed by atoms with van der Waals surface area (Å²) >= 11 is 1.52. The molecule has 2 aromatic heterocycles. The summed E-state index contributed by atoms with van der Waals surface area (Å²) in [5.74, 6) is -0.0226. The number of rotatable bonds is 4. The number of anilines is 1.